The average Bonchev–Trinajstić information content (AvgIpc) is 3.10. The van der Waals surface area contributed by atoms with E-state index in [0.717, 1.165) is 0 Å². The first kappa shape index (κ1) is 16.2. The standard InChI is InChI=1S/C18H15FN4O3/c19-13-5-1-2-7-15(13)25-11-16(24)23-9-12(10-23)18-21-17(22-26-18)14-6-3-4-8-20-14/h1-8,12H,9-11H2. The van der Waals surface area contributed by atoms with Crippen molar-refractivity contribution in [1.82, 2.24) is 20.0 Å². The van der Waals surface area contributed by atoms with Gasteiger partial charge in [-0.25, -0.2) is 4.39 Å². The van der Waals surface area contributed by atoms with Crippen LogP contribution in [0.1, 0.15) is 11.8 Å². The number of carbonyl (C=O) groups is 1. The van der Waals surface area contributed by atoms with Gasteiger partial charge in [-0.3, -0.25) is 9.78 Å². The molecule has 0 N–H and O–H groups in total. The van der Waals surface area contributed by atoms with Gasteiger partial charge in [-0.15, -0.1) is 0 Å². The Kier molecular flexibility index (Phi) is 4.30. The number of hydrogen-bond acceptors (Lipinski definition) is 6. The van der Waals surface area contributed by atoms with Crippen LogP contribution in [0.25, 0.3) is 11.5 Å². The predicted octanol–water partition coefficient (Wildman–Crippen LogP) is 2.28. The summed E-state index contributed by atoms with van der Waals surface area (Å²) in [4.78, 5) is 22.2. The summed E-state index contributed by atoms with van der Waals surface area (Å²) in [6.07, 6.45) is 1.66. The number of amides is 1. The molecule has 4 rings (SSSR count). The zero-order valence-corrected chi connectivity index (χ0v) is 13.7. The zero-order valence-electron chi connectivity index (χ0n) is 13.7. The minimum atomic E-state index is -0.491. The summed E-state index contributed by atoms with van der Waals surface area (Å²) in [5.74, 6) is 0.244. The molecule has 1 aliphatic rings. The fourth-order valence-electron chi connectivity index (χ4n) is 2.63. The van der Waals surface area contributed by atoms with Gasteiger partial charge in [0.2, 0.25) is 11.7 Å². The summed E-state index contributed by atoms with van der Waals surface area (Å²) in [5, 5.41) is 3.93. The zero-order chi connectivity index (χ0) is 17.9. The lowest BCUT2D eigenvalue weighted by atomic mass is 10.0. The van der Waals surface area contributed by atoms with Crippen LogP contribution < -0.4 is 4.74 Å². The van der Waals surface area contributed by atoms with Gasteiger partial charge >= 0.3 is 0 Å². The lowest BCUT2D eigenvalue weighted by molar-refractivity contribution is -0.138. The highest BCUT2D eigenvalue weighted by Gasteiger charge is 2.35. The van der Waals surface area contributed by atoms with Gasteiger partial charge in [0, 0.05) is 19.3 Å². The molecule has 26 heavy (non-hydrogen) atoms. The van der Waals surface area contributed by atoms with E-state index in [-0.39, 0.29) is 24.2 Å². The van der Waals surface area contributed by atoms with Crippen molar-refractivity contribution in [2.45, 2.75) is 5.92 Å². The van der Waals surface area contributed by atoms with Gasteiger partial charge in [0.25, 0.3) is 5.91 Å². The molecule has 2 aromatic heterocycles. The lowest BCUT2D eigenvalue weighted by Crippen LogP contribution is -2.50. The molecule has 0 aliphatic carbocycles. The third-order valence-electron chi connectivity index (χ3n) is 4.11. The Bertz CT molecular complexity index is 910. The molecule has 132 valence electrons. The van der Waals surface area contributed by atoms with E-state index in [1.165, 1.54) is 12.1 Å². The Hall–Kier alpha value is -3.29. The molecule has 0 saturated carbocycles. The van der Waals surface area contributed by atoms with Gasteiger partial charge < -0.3 is 14.2 Å². The molecule has 0 radical (unpaired) electrons. The third kappa shape index (κ3) is 3.26. The summed E-state index contributed by atoms with van der Waals surface area (Å²) in [5.41, 5.74) is 0.632. The predicted molar refractivity (Wildman–Crippen MR) is 88.7 cm³/mol. The van der Waals surface area contributed by atoms with Crippen LogP contribution >= 0.6 is 0 Å². The first-order chi connectivity index (χ1) is 12.7. The number of benzene rings is 1. The van der Waals surface area contributed by atoms with Crippen molar-refractivity contribution in [3.05, 3.63) is 60.4 Å². The van der Waals surface area contributed by atoms with Crippen LogP contribution in [0.3, 0.4) is 0 Å². The van der Waals surface area contributed by atoms with Gasteiger partial charge in [0.1, 0.15) is 5.69 Å². The highest BCUT2D eigenvalue weighted by molar-refractivity contribution is 5.78. The smallest absolute Gasteiger partial charge is 0.260 e. The molecule has 7 nitrogen and oxygen atoms in total. The van der Waals surface area contributed by atoms with Crippen LogP contribution in [0, 0.1) is 5.82 Å². The van der Waals surface area contributed by atoms with Crippen LogP contribution in [0.4, 0.5) is 4.39 Å². The van der Waals surface area contributed by atoms with E-state index >= 15 is 0 Å². The molecule has 1 fully saturated rings. The number of pyridine rings is 1. The van der Waals surface area contributed by atoms with Crippen LogP contribution in [0.5, 0.6) is 5.75 Å². The number of para-hydroxylation sites is 1. The molecule has 1 aliphatic heterocycles. The quantitative estimate of drug-likeness (QED) is 0.699. The van der Waals surface area contributed by atoms with Crippen molar-refractivity contribution >= 4 is 5.91 Å². The van der Waals surface area contributed by atoms with E-state index in [9.17, 15) is 9.18 Å². The van der Waals surface area contributed by atoms with Crippen molar-refractivity contribution < 1.29 is 18.4 Å². The van der Waals surface area contributed by atoms with Crippen LogP contribution in [0.2, 0.25) is 0 Å². The summed E-state index contributed by atoms with van der Waals surface area (Å²) in [7, 11) is 0. The molecule has 3 heterocycles. The van der Waals surface area contributed by atoms with Gasteiger partial charge in [-0.05, 0) is 24.3 Å². The van der Waals surface area contributed by atoms with Crippen LogP contribution in [-0.2, 0) is 4.79 Å². The maximum Gasteiger partial charge on any atom is 0.260 e. The first-order valence-corrected chi connectivity index (χ1v) is 8.11. The van der Waals surface area contributed by atoms with Gasteiger partial charge in [-0.2, -0.15) is 4.98 Å². The Labute approximate surface area is 148 Å². The van der Waals surface area contributed by atoms with Crippen molar-refractivity contribution in [2.75, 3.05) is 19.7 Å². The molecule has 1 saturated heterocycles. The summed E-state index contributed by atoms with van der Waals surface area (Å²) < 4.78 is 24.0. The number of ether oxygens (including phenoxy) is 1. The number of likely N-dealkylation sites (tertiary alicyclic amines) is 1. The molecule has 0 spiro atoms. The van der Waals surface area contributed by atoms with E-state index in [1.807, 2.05) is 12.1 Å². The Morgan fingerprint density at radius 1 is 1.23 bits per heavy atom. The summed E-state index contributed by atoms with van der Waals surface area (Å²) >= 11 is 0. The third-order valence-corrected chi connectivity index (χ3v) is 4.11. The molecule has 0 atom stereocenters. The van der Waals surface area contributed by atoms with Crippen molar-refractivity contribution in [3.8, 4) is 17.3 Å². The van der Waals surface area contributed by atoms with E-state index in [0.29, 0.717) is 30.5 Å². The lowest BCUT2D eigenvalue weighted by Gasteiger charge is -2.36. The van der Waals surface area contributed by atoms with Crippen LogP contribution in [-0.4, -0.2) is 45.6 Å². The molecule has 8 heteroatoms. The molecule has 0 bridgehead atoms. The number of carbonyl (C=O) groups excluding carboxylic acids is 1. The van der Waals surface area contributed by atoms with Crippen molar-refractivity contribution in [2.24, 2.45) is 0 Å². The molecule has 0 unspecified atom stereocenters. The van der Waals surface area contributed by atoms with Crippen molar-refractivity contribution in [1.29, 1.82) is 0 Å². The monoisotopic (exact) mass is 354 g/mol. The second-order valence-electron chi connectivity index (χ2n) is 5.89. The normalized spacial score (nSPS) is 14.1. The number of nitrogens with zero attached hydrogens (tertiary/aromatic N) is 4. The van der Waals surface area contributed by atoms with Crippen LogP contribution in [0.15, 0.2) is 53.2 Å². The number of halogens is 1. The first-order valence-electron chi connectivity index (χ1n) is 8.11. The highest BCUT2D eigenvalue weighted by atomic mass is 19.1. The fourth-order valence-corrected chi connectivity index (χ4v) is 2.63. The van der Waals surface area contributed by atoms with Crippen molar-refractivity contribution in [3.63, 3.8) is 0 Å². The minimum absolute atomic E-state index is 0.0163. The maximum atomic E-state index is 13.5. The van der Waals surface area contributed by atoms with Gasteiger partial charge in [0.05, 0.1) is 5.92 Å². The topological polar surface area (TPSA) is 81.4 Å². The highest BCUT2D eigenvalue weighted by Crippen LogP contribution is 2.27. The molecule has 1 aromatic carbocycles. The van der Waals surface area contributed by atoms with E-state index in [2.05, 4.69) is 15.1 Å². The molecular weight excluding hydrogens is 339 g/mol. The summed E-state index contributed by atoms with van der Waals surface area (Å²) in [6, 6.07) is 11.4. The number of aromatic nitrogens is 3. The van der Waals surface area contributed by atoms with Gasteiger partial charge in [0.15, 0.2) is 18.2 Å². The van der Waals surface area contributed by atoms with E-state index in [1.54, 1.807) is 29.3 Å². The van der Waals surface area contributed by atoms with E-state index < -0.39 is 5.82 Å². The number of hydrogen-bond donors (Lipinski definition) is 0. The average molecular weight is 354 g/mol. The van der Waals surface area contributed by atoms with Gasteiger partial charge in [-0.1, -0.05) is 23.4 Å². The Morgan fingerprint density at radius 3 is 2.81 bits per heavy atom. The minimum Gasteiger partial charge on any atom is -0.481 e. The molecule has 3 aromatic rings. The second kappa shape index (κ2) is 6.91. The largest absolute Gasteiger partial charge is 0.481 e. The fraction of sp³-hybridized carbons (Fsp3) is 0.222. The number of rotatable bonds is 5. The maximum absolute atomic E-state index is 13.5. The second-order valence-corrected chi connectivity index (χ2v) is 5.89. The van der Waals surface area contributed by atoms with E-state index in [4.69, 9.17) is 9.26 Å². The summed E-state index contributed by atoms with van der Waals surface area (Å²) in [6.45, 7) is 0.712. The Balaban J connectivity index is 1.31. The SMILES string of the molecule is O=C(COc1ccccc1F)N1CC(c2nc(-c3ccccn3)no2)C1. The molecular formula is C18H15FN4O3. The Morgan fingerprint density at radius 2 is 2.04 bits per heavy atom. The molecule has 1 amide bonds.